The number of nitrogens with zero attached hydrogens (tertiary/aromatic N) is 2. The van der Waals surface area contributed by atoms with Gasteiger partial charge >= 0.3 is 7.12 Å². The van der Waals surface area contributed by atoms with E-state index >= 15 is 0 Å². The number of amides is 1. The number of hydrogen-bond acceptors (Lipinski definition) is 6. The molecule has 1 aromatic rings. The minimum absolute atomic E-state index is 0.0527. The van der Waals surface area contributed by atoms with Gasteiger partial charge in [0.05, 0.1) is 12.1 Å². The highest BCUT2D eigenvalue weighted by atomic mass is 16.4. The van der Waals surface area contributed by atoms with Gasteiger partial charge in [-0.05, 0) is 12.3 Å². The van der Waals surface area contributed by atoms with Crippen LogP contribution < -0.4 is 5.32 Å². The molecule has 0 fully saturated rings. The number of rotatable bonds is 5. The minimum atomic E-state index is -1.50. The zero-order chi connectivity index (χ0) is 18.9. The smallest absolute Gasteiger partial charge is 0.426 e. The fraction of sp³-hybridized carbons (Fsp3) is 0.625. The van der Waals surface area contributed by atoms with Crippen LogP contribution in [-0.4, -0.2) is 44.8 Å². The Morgan fingerprint density at radius 2 is 1.83 bits per heavy atom. The van der Waals surface area contributed by atoms with Crippen molar-refractivity contribution < 1.29 is 19.6 Å². The topological polar surface area (TPSA) is 112 Å². The van der Waals surface area contributed by atoms with Crippen molar-refractivity contribution in [2.45, 2.75) is 53.9 Å². The van der Waals surface area contributed by atoms with E-state index in [1.54, 1.807) is 20.8 Å². The zero-order valence-electron chi connectivity index (χ0n) is 15.3. The highest BCUT2D eigenvalue weighted by molar-refractivity contribution is 6.43. The molecule has 134 valence electrons. The molecule has 0 aliphatic heterocycles. The third-order valence-electron chi connectivity index (χ3n) is 3.01. The number of nitrogens with one attached hydrogen (secondary N) is 1. The zero-order valence-corrected chi connectivity index (χ0v) is 15.3. The quantitative estimate of drug-likeness (QED) is 0.551. The van der Waals surface area contributed by atoms with Gasteiger partial charge in [-0.2, -0.15) is 0 Å². The lowest BCUT2D eigenvalue weighted by molar-refractivity contribution is -0.129. The number of Topliss-reactive ketones (excluding diaryl/α,β-unsaturated/α-hetero) is 1. The number of aromatic nitrogens is 2. The molecule has 0 radical (unpaired) electrons. The molecule has 8 heteroatoms. The van der Waals surface area contributed by atoms with Crippen LogP contribution >= 0.6 is 0 Å². The Hall–Kier alpha value is -1.80. The Labute approximate surface area is 144 Å². The Balaban J connectivity index is 0.000000496. The highest BCUT2D eigenvalue weighted by Gasteiger charge is 2.30. The van der Waals surface area contributed by atoms with Crippen LogP contribution in [0, 0.1) is 11.3 Å². The van der Waals surface area contributed by atoms with Crippen LogP contribution in [0.5, 0.6) is 0 Å². The van der Waals surface area contributed by atoms with Crippen LogP contribution in [0.15, 0.2) is 18.6 Å². The fourth-order valence-electron chi connectivity index (χ4n) is 1.63. The average molecular weight is 337 g/mol. The third kappa shape index (κ3) is 9.37. The molecule has 1 rings (SSSR count). The molecular formula is C16H28BN3O4. The summed E-state index contributed by atoms with van der Waals surface area (Å²) in [6.07, 6.45) is 5.03. The molecule has 1 atom stereocenters. The van der Waals surface area contributed by atoms with Crippen LogP contribution in [0.1, 0.15) is 58.5 Å². The van der Waals surface area contributed by atoms with Gasteiger partial charge in [0.2, 0.25) is 5.91 Å². The Morgan fingerprint density at radius 3 is 2.12 bits per heavy atom. The summed E-state index contributed by atoms with van der Waals surface area (Å²) in [5.74, 6) is -0.502. The summed E-state index contributed by atoms with van der Waals surface area (Å²) < 4.78 is 0. The summed E-state index contributed by atoms with van der Waals surface area (Å²) in [6, 6.07) is 0. The Morgan fingerprint density at radius 1 is 1.25 bits per heavy atom. The van der Waals surface area contributed by atoms with Gasteiger partial charge in [0.1, 0.15) is 5.69 Å². The van der Waals surface area contributed by atoms with Gasteiger partial charge in [0.25, 0.3) is 0 Å². The molecule has 0 aromatic carbocycles. The lowest BCUT2D eigenvalue weighted by Crippen LogP contribution is -2.50. The Kier molecular flexibility index (Phi) is 9.39. The second kappa shape index (κ2) is 10.1. The summed E-state index contributed by atoms with van der Waals surface area (Å²) in [5.41, 5.74) is -0.0955. The van der Waals surface area contributed by atoms with Crippen molar-refractivity contribution in [1.82, 2.24) is 15.3 Å². The van der Waals surface area contributed by atoms with Crippen molar-refractivity contribution in [2.24, 2.45) is 11.3 Å². The lowest BCUT2D eigenvalue weighted by Gasteiger charge is -2.24. The van der Waals surface area contributed by atoms with Gasteiger partial charge in [0.15, 0.2) is 5.78 Å². The predicted molar refractivity (Wildman–Crippen MR) is 93.1 cm³/mol. The van der Waals surface area contributed by atoms with Crippen LogP contribution in [0.25, 0.3) is 0 Å². The first-order chi connectivity index (χ1) is 10.9. The maximum Gasteiger partial charge on any atom is 0.475 e. The molecule has 0 saturated carbocycles. The molecule has 0 spiro atoms. The molecule has 0 aliphatic carbocycles. The van der Waals surface area contributed by atoms with Crippen molar-refractivity contribution in [3.8, 4) is 0 Å². The first kappa shape index (κ1) is 22.2. The first-order valence-corrected chi connectivity index (χ1v) is 7.89. The summed E-state index contributed by atoms with van der Waals surface area (Å²) in [4.78, 5) is 29.7. The van der Waals surface area contributed by atoms with E-state index in [1.807, 2.05) is 13.8 Å². The minimum Gasteiger partial charge on any atom is -0.426 e. The molecule has 24 heavy (non-hydrogen) atoms. The van der Waals surface area contributed by atoms with Gasteiger partial charge < -0.3 is 15.4 Å². The number of ketones is 1. The van der Waals surface area contributed by atoms with Gasteiger partial charge in [-0.25, -0.2) is 4.98 Å². The van der Waals surface area contributed by atoms with Crippen LogP contribution in [0.2, 0.25) is 0 Å². The number of carbonyl (C=O) groups excluding carboxylic acids is 2. The second-order valence-electron chi connectivity index (χ2n) is 7.02. The highest BCUT2D eigenvalue weighted by Crippen LogP contribution is 2.14. The van der Waals surface area contributed by atoms with Crippen molar-refractivity contribution in [3.63, 3.8) is 0 Å². The van der Waals surface area contributed by atoms with E-state index in [-0.39, 0.29) is 11.7 Å². The maximum absolute atomic E-state index is 11.6. The van der Waals surface area contributed by atoms with Crippen LogP contribution in [0.4, 0.5) is 0 Å². The van der Waals surface area contributed by atoms with E-state index in [1.165, 1.54) is 25.5 Å². The normalized spacial score (nSPS) is 12.0. The van der Waals surface area contributed by atoms with Crippen LogP contribution in [-0.2, 0) is 4.79 Å². The summed E-state index contributed by atoms with van der Waals surface area (Å²) in [6.45, 7) is 10.8. The van der Waals surface area contributed by atoms with Crippen molar-refractivity contribution in [1.29, 1.82) is 0 Å². The molecule has 7 nitrogen and oxygen atoms in total. The van der Waals surface area contributed by atoms with E-state index in [4.69, 9.17) is 10.0 Å². The summed E-state index contributed by atoms with van der Waals surface area (Å²) in [7, 11) is -1.50. The molecule has 0 aliphatic rings. The molecule has 1 amide bonds. The van der Waals surface area contributed by atoms with E-state index in [9.17, 15) is 9.59 Å². The SMILES string of the molecule is CC(=O)c1cnccn1.CC(C)C[C@H](NC(=O)C(C)(C)C)B(O)O. The molecule has 0 unspecified atom stereocenters. The van der Waals surface area contributed by atoms with Gasteiger partial charge in [0, 0.05) is 24.7 Å². The van der Waals surface area contributed by atoms with Crippen LogP contribution in [0.3, 0.4) is 0 Å². The van der Waals surface area contributed by atoms with E-state index in [0.29, 0.717) is 18.0 Å². The molecule has 0 saturated heterocycles. The van der Waals surface area contributed by atoms with Gasteiger partial charge in [-0.1, -0.05) is 34.6 Å². The van der Waals surface area contributed by atoms with E-state index in [2.05, 4.69) is 15.3 Å². The number of carbonyl (C=O) groups is 2. The molecule has 0 bridgehead atoms. The standard InChI is InChI=1S/C10H22BNO3.C6H6N2O/c1-7(2)6-8(11(14)15)12-9(13)10(3,4)5;1-5(9)6-4-7-2-3-8-6/h7-8,14-15H,6H2,1-5H3,(H,12,13);2-4H,1H3/t8-;/m0./s1. The largest absolute Gasteiger partial charge is 0.475 e. The third-order valence-corrected chi connectivity index (χ3v) is 3.01. The van der Waals surface area contributed by atoms with Crippen molar-refractivity contribution in [2.75, 3.05) is 0 Å². The van der Waals surface area contributed by atoms with E-state index in [0.717, 1.165) is 0 Å². The average Bonchev–Trinajstić information content (AvgIpc) is 2.46. The predicted octanol–water partition coefficient (Wildman–Crippen LogP) is 1.25. The molecule has 3 N–H and O–H groups in total. The lowest BCUT2D eigenvalue weighted by atomic mass is 9.74. The first-order valence-electron chi connectivity index (χ1n) is 7.89. The van der Waals surface area contributed by atoms with Gasteiger partial charge in [-0.3, -0.25) is 14.6 Å². The summed E-state index contributed by atoms with van der Waals surface area (Å²) >= 11 is 0. The second-order valence-corrected chi connectivity index (χ2v) is 7.02. The van der Waals surface area contributed by atoms with Crippen molar-refractivity contribution >= 4 is 18.8 Å². The maximum atomic E-state index is 11.6. The monoisotopic (exact) mass is 337 g/mol. The molecular weight excluding hydrogens is 309 g/mol. The molecule has 1 heterocycles. The Bertz CT molecular complexity index is 516. The summed E-state index contributed by atoms with van der Waals surface area (Å²) in [5, 5.41) is 20.9. The van der Waals surface area contributed by atoms with E-state index < -0.39 is 18.5 Å². The fourth-order valence-corrected chi connectivity index (χ4v) is 1.63. The van der Waals surface area contributed by atoms with Crippen molar-refractivity contribution in [3.05, 3.63) is 24.3 Å². The van der Waals surface area contributed by atoms with Gasteiger partial charge in [-0.15, -0.1) is 0 Å². The number of hydrogen-bond donors (Lipinski definition) is 3. The molecule has 1 aromatic heterocycles.